The maximum atomic E-state index is 13.7. The zero-order chi connectivity index (χ0) is 26.3. The van der Waals surface area contributed by atoms with Gasteiger partial charge < -0.3 is 5.11 Å². The Morgan fingerprint density at radius 1 is 0.946 bits per heavy atom. The van der Waals surface area contributed by atoms with E-state index in [4.69, 9.17) is 23.2 Å². The molecule has 1 N–H and O–H groups in total. The van der Waals surface area contributed by atoms with Crippen molar-refractivity contribution in [2.75, 3.05) is 5.45 Å². The van der Waals surface area contributed by atoms with Crippen LogP contribution in [-0.2, 0) is 16.1 Å². The number of amides is 2. The number of phenols is 1. The molecule has 1 aliphatic carbocycles. The number of carbonyl (C=O) groups excluding carboxylic acids is 2. The van der Waals surface area contributed by atoms with Crippen LogP contribution in [0.1, 0.15) is 23.9 Å². The molecular weight excluding hydrogens is 587 g/mol. The molecule has 12 heteroatoms. The van der Waals surface area contributed by atoms with Crippen LogP contribution in [0.25, 0.3) is 5.69 Å². The van der Waals surface area contributed by atoms with Crippen LogP contribution in [0, 0.1) is 0 Å². The zero-order valence-corrected chi connectivity index (χ0v) is 22.2. The third-order valence-corrected chi connectivity index (χ3v) is 9.44. The van der Waals surface area contributed by atoms with Gasteiger partial charge in [0.2, 0.25) is 0 Å². The number of allylic oxidation sites excluding steroid dienone is 2. The molecule has 190 valence electrons. The van der Waals surface area contributed by atoms with E-state index >= 15 is 0 Å². The first-order chi connectivity index (χ1) is 17.6. The third-order valence-electron chi connectivity index (χ3n) is 7.52. The van der Waals surface area contributed by atoms with Crippen molar-refractivity contribution in [1.82, 2.24) is 18.8 Å². The first kappa shape index (κ1) is 24.3. The zero-order valence-electron chi connectivity index (χ0n) is 19.1. The minimum Gasteiger partial charge on any atom is -0.508 e. The van der Waals surface area contributed by atoms with E-state index < -0.39 is 44.9 Å². The Balaban J connectivity index is 1.61. The van der Waals surface area contributed by atoms with Crippen molar-refractivity contribution in [3.05, 3.63) is 92.8 Å². The molecule has 3 aliphatic rings. The molecule has 1 saturated carbocycles. The van der Waals surface area contributed by atoms with Crippen molar-refractivity contribution >= 4 is 50.9 Å². The lowest BCUT2D eigenvalue weighted by atomic mass is 9.64. The molecule has 6 rings (SSSR count). The van der Waals surface area contributed by atoms with Crippen molar-refractivity contribution in [2.24, 2.45) is 0 Å². The summed E-state index contributed by atoms with van der Waals surface area (Å²) < 4.78 is 3.69. The van der Waals surface area contributed by atoms with Crippen molar-refractivity contribution in [1.29, 1.82) is 0 Å². The lowest BCUT2D eigenvalue weighted by Gasteiger charge is -2.49. The minimum absolute atomic E-state index is 0.00963. The fraction of sp³-hybridized carbons (Fsp3) is 0.280. The molecular formula is C25H19BrCl2N4O5. The number of aromatic nitrogens is 3. The van der Waals surface area contributed by atoms with Gasteiger partial charge in [0, 0.05) is 12.3 Å². The van der Waals surface area contributed by atoms with E-state index in [0.29, 0.717) is 16.8 Å². The van der Waals surface area contributed by atoms with Crippen LogP contribution in [0.2, 0.25) is 0 Å². The number of phenolic OH excluding ortho intramolecular Hbond substituents is 1. The number of alkyl halides is 3. The van der Waals surface area contributed by atoms with Crippen LogP contribution in [0.4, 0.5) is 0 Å². The maximum absolute atomic E-state index is 13.7. The van der Waals surface area contributed by atoms with Gasteiger partial charge in [-0.25, -0.2) is 23.5 Å². The molecule has 0 bridgehead atoms. The summed E-state index contributed by atoms with van der Waals surface area (Å²) in [6.07, 6.45) is 1.60. The fourth-order valence-electron chi connectivity index (χ4n) is 5.85. The first-order valence-electron chi connectivity index (χ1n) is 11.4. The lowest BCUT2D eigenvalue weighted by molar-refractivity contribution is -0.138. The minimum atomic E-state index is -1.91. The molecule has 1 aromatic heterocycles. The Labute approximate surface area is 228 Å². The number of hydrogen-bond donors (Lipinski definition) is 1. The van der Waals surface area contributed by atoms with E-state index in [1.165, 1.54) is 21.5 Å². The van der Waals surface area contributed by atoms with Crippen molar-refractivity contribution < 1.29 is 14.7 Å². The predicted octanol–water partition coefficient (Wildman–Crippen LogP) is 2.85. The highest BCUT2D eigenvalue weighted by Crippen LogP contribution is 2.63. The topological polar surface area (TPSA) is 107 Å². The number of likely N-dealkylation sites (tertiary alicyclic amines) is 1. The van der Waals surface area contributed by atoms with Gasteiger partial charge in [-0.1, -0.05) is 52.3 Å². The standard InChI is InChI=1S/C25H19BrCl2N4O5/c26-13-29-20(34)24(27)12-18-17(19(25(24,28)21(29)35)14-6-8-16(33)9-7-14)10-11-30-22(36)31(23(37)32(18)30)15-4-2-1-3-5-15/h1-10,18-19,33H,11-13H2/t18-,19+,24-,25+/m1/s1. The first-order valence-corrected chi connectivity index (χ1v) is 13.3. The Kier molecular flexibility index (Phi) is 5.38. The van der Waals surface area contributed by atoms with Crippen LogP contribution in [0.5, 0.6) is 5.75 Å². The number of fused-ring (bicyclic) bond motifs is 4. The Hall–Kier alpha value is -3.08. The van der Waals surface area contributed by atoms with Crippen molar-refractivity contribution in [3.63, 3.8) is 0 Å². The summed E-state index contributed by atoms with van der Waals surface area (Å²) in [5.74, 6) is -2.23. The van der Waals surface area contributed by atoms with Crippen LogP contribution in [-0.4, -0.2) is 51.0 Å². The summed E-state index contributed by atoms with van der Waals surface area (Å²) in [5.41, 5.74) is 0.320. The van der Waals surface area contributed by atoms with E-state index in [-0.39, 0.29) is 24.2 Å². The van der Waals surface area contributed by atoms with Crippen LogP contribution in [0.15, 0.2) is 75.8 Å². The van der Waals surface area contributed by atoms with Crippen molar-refractivity contribution in [2.45, 2.75) is 34.7 Å². The van der Waals surface area contributed by atoms with E-state index in [9.17, 15) is 24.3 Å². The van der Waals surface area contributed by atoms with Gasteiger partial charge >= 0.3 is 11.4 Å². The molecule has 3 heterocycles. The molecule has 2 aliphatic heterocycles. The summed E-state index contributed by atoms with van der Waals surface area (Å²) in [6, 6.07) is 13.8. The quantitative estimate of drug-likeness (QED) is 0.214. The number of aromatic hydroxyl groups is 1. The highest BCUT2D eigenvalue weighted by atomic mass is 79.9. The molecule has 3 aromatic rings. The normalized spacial score (nSPS) is 28.5. The second-order valence-corrected chi connectivity index (χ2v) is 11.0. The van der Waals surface area contributed by atoms with Crippen molar-refractivity contribution in [3.8, 4) is 11.4 Å². The second kappa shape index (κ2) is 8.21. The average molecular weight is 606 g/mol. The molecule has 2 amide bonds. The van der Waals surface area contributed by atoms with Gasteiger partial charge in [-0.3, -0.25) is 14.5 Å². The van der Waals surface area contributed by atoms with Crippen LogP contribution < -0.4 is 11.4 Å². The summed E-state index contributed by atoms with van der Waals surface area (Å²) in [6.45, 7) is 0.0564. The van der Waals surface area contributed by atoms with Gasteiger partial charge in [-0.15, -0.1) is 23.2 Å². The number of rotatable bonds is 3. The molecule has 0 radical (unpaired) electrons. The lowest BCUT2D eigenvalue weighted by Crippen LogP contribution is -2.59. The van der Waals surface area contributed by atoms with Gasteiger partial charge in [0.1, 0.15) is 5.75 Å². The Morgan fingerprint density at radius 3 is 2.27 bits per heavy atom. The number of hydrogen-bond acceptors (Lipinski definition) is 5. The number of carbonyl (C=O) groups is 2. The maximum Gasteiger partial charge on any atom is 0.352 e. The fourth-order valence-corrected chi connectivity index (χ4v) is 7.26. The summed E-state index contributed by atoms with van der Waals surface area (Å²) in [7, 11) is 0. The predicted molar refractivity (Wildman–Crippen MR) is 140 cm³/mol. The molecule has 0 unspecified atom stereocenters. The molecule has 2 aromatic carbocycles. The average Bonchev–Trinajstić information content (AvgIpc) is 3.23. The highest BCUT2D eigenvalue weighted by Gasteiger charge is 2.75. The third kappa shape index (κ3) is 3.03. The van der Waals surface area contributed by atoms with Crippen LogP contribution in [0.3, 0.4) is 0 Å². The molecule has 2 fully saturated rings. The Morgan fingerprint density at radius 2 is 1.62 bits per heavy atom. The van der Waals surface area contributed by atoms with E-state index in [1.807, 2.05) is 0 Å². The van der Waals surface area contributed by atoms with Gasteiger partial charge in [0.05, 0.1) is 23.7 Å². The SMILES string of the molecule is O=C1N(CBr)C(=O)[C@@]2(Cl)[C@@H](c3ccc(O)cc3)C3=CCn4c(=O)n(-c5ccccc5)c(=O)n4[C@@H]3C[C@@]12Cl. The molecule has 4 atom stereocenters. The summed E-state index contributed by atoms with van der Waals surface area (Å²) in [4.78, 5) is 51.4. The molecule has 0 spiro atoms. The van der Waals surface area contributed by atoms with Crippen LogP contribution >= 0.6 is 39.1 Å². The number of benzene rings is 2. The van der Waals surface area contributed by atoms with E-state index in [0.717, 1.165) is 9.47 Å². The van der Waals surface area contributed by atoms with Gasteiger partial charge in [0.15, 0.2) is 9.75 Å². The van der Waals surface area contributed by atoms with E-state index in [1.54, 1.807) is 48.5 Å². The summed E-state index contributed by atoms with van der Waals surface area (Å²) in [5, 5.41) is 9.88. The number of nitrogens with zero attached hydrogens (tertiary/aromatic N) is 4. The smallest absolute Gasteiger partial charge is 0.352 e. The van der Waals surface area contributed by atoms with Gasteiger partial charge in [-0.2, -0.15) is 0 Å². The van der Waals surface area contributed by atoms with Gasteiger partial charge in [-0.05, 0) is 35.4 Å². The largest absolute Gasteiger partial charge is 0.508 e. The van der Waals surface area contributed by atoms with E-state index in [2.05, 4.69) is 15.9 Å². The second-order valence-electron chi connectivity index (χ2n) is 9.28. The summed E-state index contributed by atoms with van der Waals surface area (Å²) >= 11 is 17.4. The Bertz CT molecular complexity index is 1610. The highest BCUT2D eigenvalue weighted by molar-refractivity contribution is 9.09. The number of halogens is 3. The number of para-hydroxylation sites is 1. The number of imide groups is 1. The molecule has 1 saturated heterocycles. The molecule has 37 heavy (non-hydrogen) atoms. The molecule has 9 nitrogen and oxygen atoms in total. The monoisotopic (exact) mass is 604 g/mol. The van der Waals surface area contributed by atoms with Gasteiger partial charge in [0.25, 0.3) is 11.8 Å².